The molecule has 0 aliphatic rings. The molecule has 1 aromatic heterocycles. The quantitative estimate of drug-likeness (QED) is 0.699. The minimum absolute atomic E-state index is 0.0859. The van der Waals surface area contributed by atoms with Crippen molar-refractivity contribution in [2.24, 2.45) is 0 Å². The Morgan fingerprint density at radius 2 is 1.96 bits per heavy atom. The minimum atomic E-state index is -3.83. The van der Waals surface area contributed by atoms with E-state index in [4.69, 9.17) is 16.3 Å². The van der Waals surface area contributed by atoms with Crippen LogP contribution in [0.15, 0.2) is 46.7 Å². The van der Waals surface area contributed by atoms with E-state index in [9.17, 15) is 13.2 Å². The summed E-state index contributed by atoms with van der Waals surface area (Å²) in [7, 11) is -3.83. The number of carbonyl (C=O) groups excluding carboxylic acids is 1. The molecule has 124 valence electrons. The molecular weight excluding hydrogens is 358 g/mol. The van der Waals surface area contributed by atoms with Gasteiger partial charge in [0, 0.05) is 16.4 Å². The molecule has 1 aromatic carbocycles. The van der Waals surface area contributed by atoms with E-state index < -0.39 is 16.0 Å². The number of rotatable bonds is 7. The van der Waals surface area contributed by atoms with Crippen LogP contribution in [0.1, 0.15) is 11.8 Å². The van der Waals surface area contributed by atoms with Crippen LogP contribution in [0.2, 0.25) is 5.02 Å². The van der Waals surface area contributed by atoms with Crippen LogP contribution in [-0.4, -0.2) is 31.8 Å². The highest BCUT2D eigenvalue weighted by Gasteiger charge is 2.27. The second-order valence-corrected chi connectivity index (χ2v) is 8.02. The minimum Gasteiger partial charge on any atom is -0.465 e. The van der Waals surface area contributed by atoms with Crippen molar-refractivity contribution in [3.63, 3.8) is 0 Å². The molecule has 0 aliphatic carbocycles. The van der Waals surface area contributed by atoms with Crippen LogP contribution in [0.25, 0.3) is 0 Å². The Kier molecular flexibility index (Phi) is 6.17. The van der Waals surface area contributed by atoms with E-state index >= 15 is 0 Å². The number of esters is 1. The van der Waals surface area contributed by atoms with Crippen LogP contribution in [0, 0.1) is 0 Å². The van der Waals surface area contributed by atoms with Gasteiger partial charge in [-0.2, -0.15) is 4.31 Å². The zero-order valence-corrected chi connectivity index (χ0v) is 14.8. The van der Waals surface area contributed by atoms with E-state index in [0.717, 1.165) is 9.18 Å². The summed E-state index contributed by atoms with van der Waals surface area (Å²) in [6.07, 6.45) is 0. The number of ether oxygens (including phenoxy) is 1. The smallest absolute Gasteiger partial charge is 0.321 e. The van der Waals surface area contributed by atoms with Gasteiger partial charge in [0.1, 0.15) is 6.54 Å². The molecule has 0 aliphatic heterocycles. The number of hydrogen-bond donors (Lipinski definition) is 0. The first kappa shape index (κ1) is 17.9. The second-order valence-electron chi connectivity index (χ2n) is 4.61. The third-order valence-corrected chi connectivity index (χ3v) is 5.89. The SMILES string of the molecule is CCOC(=O)CN(Cc1cccs1)S(=O)(=O)c1ccc(Cl)cc1. The molecule has 0 N–H and O–H groups in total. The van der Waals surface area contributed by atoms with Crippen LogP contribution < -0.4 is 0 Å². The first-order chi connectivity index (χ1) is 10.9. The molecule has 0 atom stereocenters. The van der Waals surface area contributed by atoms with E-state index in [2.05, 4.69) is 0 Å². The molecule has 1 heterocycles. The normalized spacial score (nSPS) is 11.6. The average molecular weight is 374 g/mol. The lowest BCUT2D eigenvalue weighted by Gasteiger charge is -2.20. The predicted molar refractivity (Wildman–Crippen MR) is 90.0 cm³/mol. The predicted octanol–water partition coefficient (Wildman–Crippen LogP) is 3.16. The Morgan fingerprint density at radius 3 is 2.52 bits per heavy atom. The maximum absolute atomic E-state index is 12.8. The van der Waals surface area contributed by atoms with Gasteiger partial charge < -0.3 is 4.74 Å². The summed E-state index contributed by atoms with van der Waals surface area (Å²) in [5.41, 5.74) is 0. The van der Waals surface area contributed by atoms with Gasteiger partial charge in [0.25, 0.3) is 0 Å². The summed E-state index contributed by atoms with van der Waals surface area (Å²) < 4.78 is 31.6. The Labute approximate surface area is 144 Å². The third-order valence-electron chi connectivity index (χ3n) is 2.97. The first-order valence-electron chi connectivity index (χ1n) is 6.87. The maximum atomic E-state index is 12.8. The van der Waals surface area contributed by atoms with E-state index in [1.165, 1.54) is 35.6 Å². The number of halogens is 1. The molecule has 5 nitrogen and oxygen atoms in total. The van der Waals surface area contributed by atoms with Gasteiger partial charge in [-0.3, -0.25) is 4.79 Å². The van der Waals surface area contributed by atoms with Crippen molar-refractivity contribution >= 4 is 38.9 Å². The molecule has 8 heteroatoms. The summed E-state index contributed by atoms with van der Waals surface area (Å²) >= 11 is 7.23. The van der Waals surface area contributed by atoms with Crippen molar-refractivity contribution in [1.82, 2.24) is 4.31 Å². The number of thiophene rings is 1. The number of benzene rings is 1. The Hall–Kier alpha value is -1.41. The summed E-state index contributed by atoms with van der Waals surface area (Å²) in [5.74, 6) is -0.582. The van der Waals surface area contributed by atoms with E-state index in [1.54, 1.807) is 6.92 Å². The van der Waals surface area contributed by atoms with Crippen molar-refractivity contribution < 1.29 is 17.9 Å². The molecule has 23 heavy (non-hydrogen) atoms. The molecule has 0 saturated heterocycles. The fraction of sp³-hybridized carbons (Fsp3) is 0.267. The molecule has 2 aromatic rings. The molecule has 0 radical (unpaired) electrons. The van der Waals surface area contributed by atoms with E-state index in [1.807, 2.05) is 17.5 Å². The fourth-order valence-electron chi connectivity index (χ4n) is 1.91. The standard InChI is InChI=1S/C15H16ClNO4S2/c1-2-21-15(18)11-17(10-13-4-3-9-22-13)23(19,20)14-7-5-12(16)6-8-14/h3-9H,2,10-11H2,1H3. The second kappa shape index (κ2) is 7.92. The van der Waals surface area contributed by atoms with Crippen molar-refractivity contribution in [1.29, 1.82) is 0 Å². The average Bonchev–Trinajstić information content (AvgIpc) is 3.00. The molecule has 0 fully saturated rings. The number of nitrogens with zero attached hydrogens (tertiary/aromatic N) is 1. The lowest BCUT2D eigenvalue weighted by molar-refractivity contribution is -0.143. The lowest BCUT2D eigenvalue weighted by atomic mass is 10.4. The maximum Gasteiger partial charge on any atom is 0.321 e. The van der Waals surface area contributed by atoms with Crippen molar-refractivity contribution in [3.05, 3.63) is 51.7 Å². The summed E-state index contributed by atoms with van der Waals surface area (Å²) in [4.78, 5) is 12.7. The monoisotopic (exact) mass is 373 g/mol. The van der Waals surface area contributed by atoms with Gasteiger partial charge in [0.15, 0.2) is 0 Å². The first-order valence-corrected chi connectivity index (χ1v) is 9.57. The molecule has 0 saturated carbocycles. The Bertz CT molecular complexity index is 742. The van der Waals surface area contributed by atoms with Crippen molar-refractivity contribution in [2.75, 3.05) is 13.2 Å². The summed E-state index contributed by atoms with van der Waals surface area (Å²) in [6, 6.07) is 9.50. The van der Waals surface area contributed by atoms with Crippen LogP contribution in [0.4, 0.5) is 0 Å². The van der Waals surface area contributed by atoms with E-state index in [-0.39, 0.29) is 24.6 Å². The van der Waals surface area contributed by atoms with Crippen molar-refractivity contribution in [2.45, 2.75) is 18.4 Å². The number of hydrogen-bond acceptors (Lipinski definition) is 5. The van der Waals surface area contributed by atoms with Gasteiger partial charge in [0.2, 0.25) is 10.0 Å². The van der Waals surface area contributed by atoms with Crippen LogP contribution in [0.5, 0.6) is 0 Å². The van der Waals surface area contributed by atoms with Gasteiger partial charge in [-0.25, -0.2) is 8.42 Å². The zero-order valence-electron chi connectivity index (χ0n) is 12.4. The van der Waals surface area contributed by atoms with Gasteiger partial charge >= 0.3 is 5.97 Å². The number of carbonyl (C=O) groups is 1. The highest BCUT2D eigenvalue weighted by molar-refractivity contribution is 7.89. The molecule has 0 bridgehead atoms. The van der Waals surface area contributed by atoms with Crippen LogP contribution >= 0.6 is 22.9 Å². The van der Waals surface area contributed by atoms with Crippen molar-refractivity contribution in [3.8, 4) is 0 Å². The van der Waals surface area contributed by atoms with E-state index in [0.29, 0.717) is 5.02 Å². The van der Waals surface area contributed by atoms with Gasteiger partial charge in [-0.15, -0.1) is 11.3 Å². The molecule has 2 rings (SSSR count). The molecule has 0 spiro atoms. The molecule has 0 unspecified atom stereocenters. The molecule has 0 amide bonds. The van der Waals surface area contributed by atoms with Gasteiger partial charge in [-0.1, -0.05) is 17.7 Å². The summed E-state index contributed by atoms with van der Waals surface area (Å²) in [5, 5.41) is 2.30. The highest BCUT2D eigenvalue weighted by Crippen LogP contribution is 2.22. The van der Waals surface area contributed by atoms with Gasteiger partial charge in [0.05, 0.1) is 11.5 Å². The van der Waals surface area contributed by atoms with Gasteiger partial charge in [-0.05, 0) is 42.6 Å². The Balaban J connectivity index is 2.30. The number of sulfonamides is 1. The largest absolute Gasteiger partial charge is 0.465 e. The van der Waals surface area contributed by atoms with Crippen LogP contribution in [0.3, 0.4) is 0 Å². The zero-order chi connectivity index (χ0) is 16.9. The van der Waals surface area contributed by atoms with Crippen LogP contribution in [-0.2, 0) is 26.1 Å². The molecular formula is C15H16ClNO4S2. The highest BCUT2D eigenvalue weighted by atomic mass is 35.5. The summed E-state index contributed by atoms with van der Waals surface area (Å²) in [6.45, 7) is 1.65. The third kappa shape index (κ3) is 4.78. The lowest BCUT2D eigenvalue weighted by Crippen LogP contribution is -2.35. The Morgan fingerprint density at radius 1 is 1.26 bits per heavy atom. The fourth-order valence-corrected chi connectivity index (χ4v) is 4.20. The topological polar surface area (TPSA) is 63.7 Å².